The molecule has 1 aliphatic heterocycles. The third-order valence-corrected chi connectivity index (χ3v) is 5.78. The van der Waals surface area contributed by atoms with Crippen LogP contribution in [0.4, 0.5) is 8.78 Å². The van der Waals surface area contributed by atoms with Gasteiger partial charge in [0.1, 0.15) is 12.0 Å². The van der Waals surface area contributed by atoms with E-state index in [0.717, 1.165) is 23.7 Å². The lowest BCUT2D eigenvalue weighted by molar-refractivity contribution is 0.0706. The van der Waals surface area contributed by atoms with Crippen molar-refractivity contribution >= 4 is 22.6 Å². The maximum atomic E-state index is 13.3. The SMILES string of the molecule is Cn1cc(C(=O)N2CCC[C@H](c3cc(C(F)F)nc4ncnn34)C2)c2ccccc21. The van der Waals surface area contributed by atoms with Gasteiger partial charge in [-0.25, -0.2) is 18.3 Å². The number of amides is 1. The first-order valence-electron chi connectivity index (χ1n) is 9.85. The number of alkyl halides is 2. The molecule has 30 heavy (non-hydrogen) atoms. The molecule has 0 unspecified atom stereocenters. The minimum Gasteiger partial charge on any atom is -0.350 e. The summed E-state index contributed by atoms with van der Waals surface area (Å²) < 4.78 is 30.1. The lowest BCUT2D eigenvalue weighted by Gasteiger charge is -2.33. The fourth-order valence-electron chi connectivity index (χ4n) is 4.34. The van der Waals surface area contributed by atoms with Gasteiger partial charge in [0.2, 0.25) is 0 Å². The van der Waals surface area contributed by atoms with Crippen LogP contribution in [-0.2, 0) is 7.05 Å². The van der Waals surface area contributed by atoms with Crippen molar-refractivity contribution in [1.82, 2.24) is 29.0 Å². The first-order valence-corrected chi connectivity index (χ1v) is 9.85. The summed E-state index contributed by atoms with van der Waals surface area (Å²) in [5.41, 5.74) is 1.95. The van der Waals surface area contributed by atoms with Crippen LogP contribution in [-0.4, -0.2) is 48.0 Å². The predicted octanol–water partition coefficient (Wildman–Crippen LogP) is 3.57. The van der Waals surface area contributed by atoms with Gasteiger partial charge in [0.25, 0.3) is 18.1 Å². The normalized spacial score (nSPS) is 17.3. The van der Waals surface area contributed by atoms with Gasteiger partial charge < -0.3 is 9.47 Å². The topological polar surface area (TPSA) is 68.3 Å². The third-order valence-electron chi connectivity index (χ3n) is 5.78. The highest BCUT2D eigenvalue weighted by molar-refractivity contribution is 6.07. The first-order chi connectivity index (χ1) is 14.5. The average molecular weight is 410 g/mol. The highest BCUT2D eigenvalue weighted by atomic mass is 19.3. The molecule has 1 aromatic carbocycles. The Morgan fingerprint density at radius 1 is 1.27 bits per heavy atom. The number of hydrogen-bond acceptors (Lipinski definition) is 4. The monoisotopic (exact) mass is 410 g/mol. The fourth-order valence-corrected chi connectivity index (χ4v) is 4.34. The van der Waals surface area contributed by atoms with Gasteiger partial charge in [0.15, 0.2) is 0 Å². The molecule has 0 spiro atoms. The molecule has 9 heteroatoms. The molecule has 154 valence electrons. The van der Waals surface area contributed by atoms with Crippen molar-refractivity contribution in [2.24, 2.45) is 7.05 Å². The molecule has 4 heterocycles. The zero-order valence-electron chi connectivity index (χ0n) is 16.4. The maximum Gasteiger partial charge on any atom is 0.280 e. The Balaban J connectivity index is 1.49. The smallest absolute Gasteiger partial charge is 0.280 e. The molecule has 1 fully saturated rings. The second kappa shape index (κ2) is 7.16. The largest absolute Gasteiger partial charge is 0.350 e. The average Bonchev–Trinajstić information content (AvgIpc) is 3.37. The lowest BCUT2D eigenvalue weighted by Crippen LogP contribution is -2.39. The summed E-state index contributed by atoms with van der Waals surface area (Å²) in [5, 5.41) is 5.07. The number of fused-ring (bicyclic) bond motifs is 2. The number of benzene rings is 1. The first kappa shape index (κ1) is 18.7. The minimum absolute atomic E-state index is 0.0468. The van der Waals surface area contributed by atoms with Crippen LogP contribution in [0.25, 0.3) is 16.7 Å². The van der Waals surface area contributed by atoms with E-state index in [9.17, 15) is 13.6 Å². The number of aromatic nitrogens is 5. The Hall–Kier alpha value is -3.36. The Morgan fingerprint density at radius 3 is 2.93 bits per heavy atom. The highest BCUT2D eigenvalue weighted by Crippen LogP contribution is 2.31. The van der Waals surface area contributed by atoms with Gasteiger partial charge in [-0.05, 0) is 25.0 Å². The minimum atomic E-state index is -2.69. The van der Waals surface area contributed by atoms with Crippen molar-refractivity contribution in [3.05, 3.63) is 59.8 Å². The molecule has 0 aliphatic carbocycles. The summed E-state index contributed by atoms with van der Waals surface area (Å²) >= 11 is 0. The molecule has 1 aliphatic rings. The van der Waals surface area contributed by atoms with Gasteiger partial charge >= 0.3 is 0 Å². The van der Waals surface area contributed by atoms with E-state index in [1.807, 2.05) is 42.1 Å². The van der Waals surface area contributed by atoms with Gasteiger partial charge in [-0.2, -0.15) is 10.1 Å². The van der Waals surface area contributed by atoms with Crippen LogP contribution in [0.2, 0.25) is 0 Å². The van der Waals surface area contributed by atoms with Crippen LogP contribution in [0.15, 0.2) is 42.9 Å². The molecule has 0 saturated carbocycles. The molecule has 1 saturated heterocycles. The number of halogens is 2. The van der Waals surface area contributed by atoms with Crippen LogP contribution in [0.1, 0.15) is 46.9 Å². The molecular formula is C21H20F2N6O. The summed E-state index contributed by atoms with van der Waals surface area (Å²) in [4.78, 5) is 23.0. The summed E-state index contributed by atoms with van der Waals surface area (Å²) in [6, 6.07) is 9.18. The van der Waals surface area contributed by atoms with Crippen molar-refractivity contribution < 1.29 is 13.6 Å². The van der Waals surface area contributed by atoms with Gasteiger partial charge in [0, 0.05) is 43.2 Å². The van der Waals surface area contributed by atoms with Gasteiger partial charge in [0.05, 0.1) is 11.3 Å². The van der Waals surface area contributed by atoms with Crippen LogP contribution >= 0.6 is 0 Å². The number of carbonyl (C=O) groups excluding carboxylic acids is 1. The maximum absolute atomic E-state index is 13.3. The fraction of sp³-hybridized carbons (Fsp3) is 0.333. The van der Waals surface area contributed by atoms with E-state index < -0.39 is 6.43 Å². The summed E-state index contributed by atoms with van der Waals surface area (Å²) in [6.07, 6.45) is 2.03. The van der Waals surface area contributed by atoms with Crippen molar-refractivity contribution in [3.63, 3.8) is 0 Å². The summed E-state index contributed by atoms with van der Waals surface area (Å²) in [5.74, 6) is -0.0165. The Morgan fingerprint density at radius 2 is 2.10 bits per heavy atom. The molecule has 3 aromatic heterocycles. The zero-order chi connectivity index (χ0) is 20.8. The molecule has 7 nitrogen and oxygen atoms in total. The second-order valence-electron chi connectivity index (χ2n) is 7.64. The number of carbonyl (C=O) groups is 1. The molecule has 1 atom stereocenters. The van der Waals surface area contributed by atoms with E-state index in [-0.39, 0.29) is 23.3 Å². The van der Waals surface area contributed by atoms with Gasteiger partial charge in [-0.3, -0.25) is 4.79 Å². The number of likely N-dealkylation sites (tertiary alicyclic amines) is 1. The molecule has 4 aromatic rings. The number of piperidine rings is 1. The van der Waals surface area contributed by atoms with Crippen LogP contribution in [0.5, 0.6) is 0 Å². The van der Waals surface area contributed by atoms with E-state index in [4.69, 9.17) is 0 Å². The van der Waals surface area contributed by atoms with Crippen molar-refractivity contribution in [3.8, 4) is 0 Å². The molecular weight excluding hydrogens is 390 g/mol. The van der Waals surface area contributed by atoms with E-state index in [1.165, 1.54) is 16.9 Å². The standard InChI is InChI=1S/C21H20F2N6O/c1-27-11-15(14-6-2-3-7-17(14)27)20(30)28-8-4-5-13(10-28)18-9-16(19(22)23)26-21-24-12-25-29(18)21/h2-3,6-7,9,11-13,19H,4-5,8,10H2,1H3/t13-/m0/s1. The van der Waals surface area contributed by atoms with Gasteiger partial charge in [-0.15, -0.1) is 0 Å². The van der Waals surface area contributed by atoms with Crippen LogP contribution < -0.4 is 0 Å². The van der Waals surface area contributed by atoms with E-state index in [0.29, 0.717) is 24.3 Å². The third kappa shape index (κ3) is 3.01. The Labute approximate surface area is 171 Å². The number of aryl methyl sites for hydroxylation is 1. The predicted molar refractivity (Wildman–Crippen MR) is 107 cm³/mol. The van der Waals surface area contributed by atoms with E-state index >= 15 is 0 Å². The number of rotatable bonds is 3. The van der Waals surface area contributed by atoms with Crippen LogP contribution in [0.3, 0.4) is 0 Å². The second-order valence-corrected chi connectivity index (χ2v) is 7.64. The number of para-hydroxylation sites is 1. The van der Waals surface area contributed by atoms with Crippen LogP contribution in [0, 0.1) is 0 Å². The van der Waals surface area contributed by atoms with Crippen molar-refractivity contribution in [1.29, 1.82) is 0 Å². The lowest BCUT2D eigenvalue weighted by atomic mass is 9.93. The summed E-state index contributed by atoms with van der Waals surface area (Å²) in [6.45, 7) is 1.07. The van der Waals surface area contributed by atoms with Gasteiger partial charge in [-0.1, -0.05) is 18.2 Å². The summed E-state index contributed by atoms with van der Waals surface area (Å²) in [7, 11) is 1.92. The highest BCUT2D eigenvalue weighted by Gasteiger charge is 2.30. The number of nitrogens with zero attached hydrogens (tertiary/aromatic N) is 6. The molecule has 0 N–H and O–H groups in total. The van der Waals surface area contributed by atoms with E-state index in [2.05, 4.69) is 15.1 Å². The molecule has 1 amide bonds. The van der Waals surface area contributed by atoms with Crippen molar-refractivity contribution in [2.45, 2.75) is 25.2 Å². The molecule has 0 bridgehead atoms. The quantitative estimate of drug-likeness (QED) is 0.518. The molecule has 5 rings (SSSR count). The molecule has 0 radical (unpaired) electrons. The van der Waals surface area contributed by atoms with E-state index in [1.54, 1.807) is 4.90 Å². The Kier molecular flexibility index (Phi) is 4.45. The Bertz CT molecular complexity index is 1250. The van der Waals surface area contributed by atoms with Crippen molar-refractivity contribution in [2.75, 3.05) is 13.1 Å². The number of hydrogen-bond donors (Lipinski definition) is 0. The zero-order valence-corrected chi connectivity index (χ0v) is 16.4.